The summed E-state index contributed by atoms with van der Waals surface area (Å²) in [7, 11) is 1.68. The van der Waals surface area contributed by atoms with Gasteiger partial charge in [0.15, 0.2) is 0 Å². The van der Waals surface area contributed by atoms with Gasteiger partial charge in [-0.05, 0) is 12.1 Å². The summed E-state index contributed by atoms with van der Waals surface area (Å²) in [5.74, 6) is 0.103. The van der Waals surface area contributed by atoms with Crippen LogP contribution in [0, 0.1) is 0 Å². The predicted octanol–water partition coefficient (Wildman–Crippen LogP) is -0.153. The number of pyridine rings is 1. The molecule has 1 fully saturated rings. The van der Waals surface area contributed by atoms with Crippen LogP contribution in [0.2, 0.25) is 0 Å². The molecule has 74 valence electrons. The molecule has 5 nitrogen and oxygen atoms in total. The molecule has 1 aromatic heterocycles. The third kappa shape index (κ3) is 1.31. The average Bonchev–Trinajstić information content (AvgIpc) is 2.49. The minimum Gasteiger partial charge on any atom is -0.506 e. The first-order chi connectivity index (χ1) is 6.70. The van der Waals surface area contributed by atoms with Gasteiger partial charge in [0.05, 0.1) is 6.54 Å². The zero-order valence-corrected chi connectivity index (χ0v) is 7.77. The highest BCUT2D eigenvalue weighted by molar-refractivity contribution is 5.80. The Morgan fingerprint density at radius 2 is 2.50 bits per heavy atom. The molecule has 2 heterocycles. The molecule has 1 amide bonds. The summed E-state index contributed by atoms with van der Waals surface area (Å²) < 4.78 is 0. The van der Waals surface area contributed by atoms with Crippen LogP contribution in [0.3, 0.4) is 0 Å². The van der Waals surface area contributed by atoms with Crippen molar-refractivity contribution < 1.29 is 9.90 Å². The van der Waals surface area contributed by atoms with Crippen molar-refractivity contribution in [3.8, 4) is 5.75 Å². The second-order valence-electron chi connectivity index (χ2n) is 3.20. The second kappa shape index (κ2) is 3.26. The monoisotopic (exact) mass is 193 g/mol. The number of hydrogen-bond acceptors (Lipinski definition) is 4. The normalized spacial score (nSPS) is 21.6. The van der Waals surface area contributed by atoms with E-state index in [2.05, 4.69) is 10.3 Å². The van der Waals surface area contributed by atoms with E-state index in [1.54, 1.807) is 25.4 Å². The van der Waals surface area contributed by atoms with Crippen LogP contribution < -0.4 is 5.32 Å². The summed E-state index contributed by atoms with van der Waals surface area (Å²) in [6, 6.07) is 3.20. The maximum atomic E-state index is 11.2. The lowest BCUT2D eigenvalue weighted by atomic mass is 10.2. The highest BCUT2D eigenvalue weighted by atomic mass is 16.3. The van der Waals surface area contributed by atoms with Gasteiger partial charge >= 0.3 is 0 Å². The number of hydrogen-bond donors (Lipinski definition) is 2. The molecule has 0 aromatic carbocycles. The molecule has 1 aliphatic rings. The minimum atomic E-state index is -0.316. The molecule has 0 radical (unpaired) electrons. The molecular formula is C9H11N3O2. The Morgan fingerprint density at radius 3 is 3.07 bits per heavy atom. The molecule has 1 aromatic rings. The number of carbonyl (C=O) groups is 1. The Morgan fingerprint density at radius 1 is 1.71 bits per heavy atom. The van der Waals surface area contributed by atoms with Crippen LogP contribution in [0.1, 0.15) is 11.9 Å². The Balaban J connectivity index is 2.32. The van der Waals surface area contributed by atoms with Crippen molar-refractivity contribution >= 4 is 5.91 Å². The summed E-state index contributed by atoms with van der Waals surface area (Å²) in [6.45, 7) is 0.289. The van der Waals surface area contributed by atoms with Gasteiger partial charge in [0.2, 0.25) is 5.91 Å². The third-order valence-corrected chi connectivity index (χ3v) is 2.30. The molecular weight excluding hydrogens is 182 g/mol. The maximum Gasteiger partial charge on any atom is 0.237 e. The Bertz CT molecular complexity index is 367. The van der Waals surface area contributed by atoms with Crippen LogP contribution in [0.15, 0.2) is 18.3 Å². The van der Waals surface area contributed by atoms with Crippen LogP contribution in [-0.4, -0.2) is 34.5 Å². The van der Waals surface area contributed by atoms with Gasteiger partial charge in [0.25, 0.3) is 0 Å². The van der Waals surface area contributed by atoms with E-state index in [0.29, 0.717) is 5.69 Å². The van der Waals surface area contributed by atoms with E-state index in [0.717, 1.165) is 0 Å². The standard InChI is InChI=1S/C9H11N3O2/c1-12-7(14)5-11-9(12)8-6(13)3-2-4-10-8/h2-4,9,11,13H,5H2,1H3. The fraction of sp³-hybridized carbons (Fsp3) is 0.333. The Kier molecular flexibility index (Phi) is 2.09. The highest BCUT2D eigenvalue weighted by Crippen LogP contribution is 2.25. The van der Waals surface area contributed by atoms with Crippen molar-refractivity contribution in [3.63, 3.8) is 0 Å². The van der Waals surface area contributed by atoms with Crippen LogP contribution in [-0.2, 0) is 4.79 Å². The zero-order chi connectivity index (χ0) is 10.1. The van der Waals surface area contributed by atoms with E-state index >= 15 is 0 Å². The van der Waals surface area contributed by atoms with Gasteiger partial charge in [-0.25, -0.2) is 0 Å². The van der Waals surface area contributed by atoms with E-state index in [-0.39, 0.29) is 24.4 Å². The molecule has 0 spiro atoms. The molecule has 5 heteroatoms. The van der Waals surface area contributed by atoms with Crippen molar-refractivity contribution in [3.05, 3.63) is 24.0 Å². The fourth-order valence-corrected chi connectivity index (χ4v) is 1.49. The van der Waals surface area contributed by atoms with Crippen molar-refractivity contribution in [1.29, 1.82) is 0 Å². The Hall–Kier alpha value is -1.62. The maximum absolute atomic E-state index is 11.2. The highest BCUT2D eigenvalue weighted by Gasteiger charge is 2.30. The molecule has 1 saturated heterocycles. The minimum absolute atomic E-state index is 0.0000491. The number of rotatable bonds is 1. The molecule has 1 atom stereocenters. The number of aromatic hydroxyl groups is 1. The quantitative estimate of drug-likeness (QED) is 0.651. The van der Waals surface area contributed by atoms with Crippen LogP contribution in [0.5, 0.6) is 5.75 Å². The van der Waals surface area contributed by atoms with Crippen molar-refractivity contribution in [1.82, 2.24) is 15.2 Å². The van der Waals surface area contributed by atoms with Crippen molar-refractivity contribution in [2.24, 2.45) is 0 Å². The van der Waals surface area contributed by atoms with Crippen LogP contribution in [0.25, 0.3) is 0 Å². The lowest BCUT2D eigenvalue weighted by Crippen LogP contribution is -2.26. The van der Waals surface area contributed by atoms with Crippen molar-refractivity contribution in [2.75, 3.05) is 13.6 Å². The number of likely N-dealkylation sites (N-methyl/N-ethyl adjacent to an activating group) is 1. The van der Waals surface area contributed by atoms with E-state index in [9.17, 15) is 9.90 Å². The first-order valence-corrected chi connectivity index (χ1v) is 4.33. The lowest BCUT2D eigenvalue weighted by Gasteiger charge is -2.19. The number of nitrogens with one attached hydrogen (secondary N) is 1. The number of amides is 1. The van der Waals surface area contributed by atoms with Gasteiger partial charge in [0.1, 0.15) is 17.6 Å². The smallest absolute Gasteiger partial charge is 0.237 e. The molecule has 1 aliphatic heterocycles. The lowest BCUT2D eigenvalue weighted by molar-refractivity contribution is -0.126. The molecule has 0 aliphatic carbocycles. The van der Waals surface area contributed by atoms with Crippen LogP contribution in [0.4, 0.5) is 0 Å². The summed E-state index contributed by atoms with van der Waals surface area (Å²) in [4.78, 5) is 16.8. The molecule has 1 unspecified atom stereocenters. The van der Waals surface area contributed by atoms with Gasteiger partial charge in [0, 0.05) is 13.2 Å². The van der Waals surface area contributed by atoms with Gasteiger partial charge in [-0.1, -0.05) is 0 Å². The number of nitrogens with zero attached hydrogens (tertiary/aromatic N) is 2. The van der Waals surface area contributed by atoms with E-state index < -0.39 is 0 Å². The van der Waals surface area contributed by atoms with E-state index in [1.165, 1.54) is 4.90 Å². The topological polar surface area (TPSA) is 65.5 Å². The molecule has 2 rings (SSSR count). The zero-order valence-electron chi connectivity index (χ0n) is 7.77. The van der Waals surface area contributed by atoms with Gasteiger partial charge in [-0.2, -0.15) is 0 Å². The summed E-state index contributed by atoms with van der Waals surface area (Å²) in [5.41, 5.74) is 0.487. The van der Waals surface area contributed by atoms with E-state index in [1.807, 2.05) is 0 Å². The first-order valence-electron chi connectivity index (χ1n) is 4.33. The summed E-state index contributed by atoms with van der Waals surface area (Å²) in [5, 5.41) is 12.5. The SMILES string of the molecule is CN1C(=O)CNC1c1ncccc1O. The Labute approximate surface area is 81.4 Å². The third-order valence-electron chi connectivity index (χ3n) is 2.30. The molecule has 0 bridgehead atoms. The van der Waals surface area contributed by atoms with Gasteiger partial charge < -0.3 is 10.0 Å². The molecule has 0 saturated carbocycles. The molecule has 14 heavy (non-hydrogen) atoms. The molecule has 2 N–H and O–H groups in total. The van der Waals surface area contributed by atoms with Gasteiger partial charge in [-0.3, -0.25) is 15.1 Å². The largest absolute Gasteiger partial charge is 0.506 e. The number of carbonyl (C=O) groups excluding carboxylic acids is 1. The summed E-state index contributed by atoms with van der Waals surface area (Å²) in [6.07, 6.45) is 1.27. The van der Waals surface area contributed by atoms with E-state index in [4.69, 9.17) is 0 Å². The van der Waals surface area contributed by atoms with Gasteiger partial charge in [-0.15, -0.1) is 0 Å². The van der Waals surface area contributed by atoms with Crippen molar-refractivity contribution in [2.45, 2.75) is 6.17 Å². The fourth-order valence-electron chi connectivity index (χ4n) is 1.49. The number of aromatic nitrogens is 1. The average molecular weight is 193 g/mol. The second-order valence-corrected chi connectivity index (χ2v) is 3.20. The summed E-state index contributed by atoms with van der Waals surface area (Å²) >= 11 is 0. The first kappa shape index (κ1) is 8.96. The van der Waals surface area contributed by atoms with Crippen LogP contribution >= 0.6 is 0 Å². The predicted molar refractivity (Wildman–Crippen MR) is 49.4 cm³/mol.